The molecule has 0 N–H and O–H groups in total. The van der Waals surface area contributed by atoms with Crippen molar-refractivity contribution in [3.05, 3.63) is 36.5 Å². The van der Waals surface area contributed by atoms with E-state index in [0.717, 1.165) is 13.0 Å². The second-order valence-corrected chi connectivity index (χ2v) is 2.50. The van der Waals surface area contributed by atoms with Gasteiger partial charge in [-0.1, -0.05) is 24.3 Å². The number of rotatable bonds is 4. The van der Waals surface area contributed by atoms with Gasteiger partial charge in [0.05, 0.1) is 6.10 Å². The van der Waals surface area contributed by atoms with Crippen LogP contribution in [0, 0.1) is 0 Å². The Morgan fingerprint density at radius 1 is 1.73 bits per heavy atom. The van der Waals surface area contributed by atoms with Crippen LogP contribution in [0.25, 0.3) is 0 Å². The zero-order valence-electron chi connectivity index (χ0n) is 6.92. The fourth-order valence-corrected chi connectivity index (χ4v) is 1.19. The van der Waals surface area contributed by atoms with Gasteiger partial charge in [-0.3, -0.25) is 0 Å². The van der Waals surface area contributed by atoms with Crippen molar-refractivity contribution in [2.75, 3.05) is 6.61 Å². The highest BCUT2D eigenvalue weighted by atomic mass is 16.5. The molecule has 0 aromatic heterocycles. The summed E-state index contributed by atoms with van der Waals surface area (Å²) < 4.78 is 5.47. The van der Waals surface area contributed by atoms with E-state index in [4.69, 9.17) is 4.74 Å². The Morgan fingerprint density at radius 2 is 2.55 bits per heavy atom. The van der Waals surface area contributed by atoms with Crippen molar-refractivity contribution < 1.29 is 4.74 Å². The van der Waals surface area contributed by atoms with E-state index >= 15 is 0 Å². The second-order valence-electron chi connectivity index (χ2n) is 2.50. The fourth-order valence-electron chi connectivity index (χ4n) is 1.19. The summed E-state index contributed by atoms with van der Waals surface area (Å²) in [5, 5.41) is 0. The topological polar surface area (TPSA) is 9.23 Å². The Hall–Kier alpha value is -0.820. The molecule has 0 fully saturated rings. The van der Waals surface area contributed by atoms with Crippen molar-refractivity contribution in [3.63, 3.8) is 0 Å². The Morgan fingerprint density at radius 3 is 3.18 bits per heavy atom. The van der Waals surface area contributed by atoms with Crippen molar-refractivity contribution in [3.8, 4) is 0 Å². The minimum Gasteiger partial charge on any atom is -0.370 e. The number of hydrogen-bond acceptors (Lipinski definition) is 1. The summed E-state index contributed by atoms with van der Waals surface area (Å²) in [5.41, 5.74) is 1.31. The molecular weight excluding hydrogens is 136 g/mol. The van der Waals surface area contributed by atoms with E-state index in [1.54, 1.807) is 0 Å². The second kappa shape index (κ2) is 4.14. The quantitative estimate of drug-likeness (QED) is 0.559. The van der Waals surface area contributed by atoms with Crippen LogP contribution in [-0.4, -0.2) is 12.7 Å². The summed E-state index contributed by atoms with van der Waals surface area (Å²) in [5.74, 6) is 0. The van der Waals surface area contributed by atoms with Crippen molar-refractivity contribution in [2.24, 2.45) is 0 Å². The van der Waals surface area contributed by atoms with Gasteiger partial charge < -0.3 is 4.74 Å². The highest BCUT2D eigenvalue weighted by Gasteiger charge is 2.12. The molecule has 1 nitrogen and oxygen atoms in total. The minimum absolute atomic E-state index is 0.206. The maximum atomic E-state index is 5.47. The summed E-state index contributed by atoms with van der Waals surface area (Å²) in [4.78, 5) is 0. The van der Waals surface area contributed by atoms with E-state index in [9.17, 15) is 0 Å². The summed E-state index contributed by atoms with van der Waals surface area (Å²) >= 11 is 0. The lowest BCUT2D eigenvalue weighted by atomic mass is 10.1. The first-order valence-electron chi connectivity index (χ1n) is 3.98. The predicted molar refractivity (Wildman–Crippen MR) is 47.5 cm³/mol. The zero-order chi connectivity index (χ0) is 8.10. The average molecular weight is 150 g/mol. The smallest absolute Gasteiger partial charge is 0.0975 e. The molecule has 1 atom stereocenters. The molecule has 0 aliphatic heterocycles. The van der Waals surface area contributed by atoms with Gasteiger partial charge in [0.2, 0.25) is 0 Å². The first-order valence-corrected chi connectivity index (χ1v) is 3.98. The van der Waals surface area contributed by atoms with E-state index in [-0.39, 0.29) is 6.10 Å². The van der Waals surface area contributed by atoms with E-state index in [0.29, 0.717) is 0 Å². The van der Waals surface area contributed by atoms with Crippen LogP contribution >= 0.6 is 0 Å². The molecule has 11 heavy (non-hydrogen) atoms. The van der Waals surface area contributed by atoms with Crippen molar-refractivity contribution in [1.29, 1.82) is 0 Å². The molecule has 60 valence electrons. The molecule has 0 amide bonds. The molecule has 1 unspecified atom stereocenters. The summed E-state index contributed by atoms with van der Waals surface area (Å²) in [6.45, 7) is 6.47. The number of hydrogen-bond donors (Lipinski definition) is 0. The van der Waals surface area contributed by atoms with Crippen LogP contribution in [0.1, 0.15) is 13.3 Å². The minimum atomic E-state index is 0.206. The third-order valence-electron chi connectivity index (χ3n) is 1.69. The molecule has 0 heterocycles. The summed E-state index contributed by atoms with van der Waals surface area (Å²) in [6, 6.07) is 0. The normalized spacial score (nSPS) is 21.9. The Balaban J connectivity index is 2.46. The first kappa shape index (κ1) is 8.28. The van der Waals surface area contributed by atoms with Crippen LogP contribution in [0.2, 0.25) is 0 Å². The van der Waals surface area contributed by atoms with Crippen LogP contribution in [0.15, 0.2) is 36.5 Å². The molecule has 1 aliphatic carbocycles. The maximum Gasteiger partial charge on any atom is 0.0975 e. The van der Waals surface area contributed by atoms with Gasteiger partial charge in [0.15, 0.2) is 0 Å². The Bertz CT molecular complexity index is 189. The van der Waals surface area contributed by atoms with Gasteiger partial charge in [-0.05, 0) is 18.9 Å². The molecule has 0 saturated carbocycles. The van der Waals surface area contributed by atoms with Gasteiger partial charge >= 0.3 is 0 Å². The van der Waals surface area contributed by atoms with Crippen LogP contribution < -0.4 is 0 Å². The summed E-state index contributed by atoms with van der Waals surface area (Å²) in [7, 11) is 0. The zero-order valence-corrected chi connectivity index (χ0v) is 6.92. The molecule has 1 aliphatic rings. The van der Waals surface area contributed by atoms with Gasteiger partial charge in [-0.2, -0.15) is 0 Å². The standard InChI is InChI=1S/C10H14O/c1-3-6-9-7-5-8-10(9)11-4-2/h3,5,7-8,10H,1,4,6H2,2H3. The molecule has 0 saturated heterocycles. The van der Waals surface area contributed by atoms with E-state index in [1.165, 1.54) is 5.57 Å². The lowest BCUT2D eigenvalue weighted by molar-refractivity contribution is 0.121. The van der Waals surface area contributed by atoms with Crippen molar-refractivity contribution >= 4 is 0 Å². The lowest BCUT2D eigenvalue weighted by Crippen LogP contribution is -2.09. The molecule has 0 aromatic rings. The van der Waals surface area contributed by atoms with Crippen LogP contribution in [0.3, 0.4) is 0 Å². The Labute approximate surface area is 68.1 Å². The molecule has 0 bridgehead atoms. The van der Waals surface area contributed by atoms with Crippen molar-refractivity contribution in [2.45, 2.75) is 19.4 Å². The molecule has 0 radical (unpaired) electrons. The molecular formula is C10H14O. The lowest BCUT2D eigenvalue weighted by Gasteiger charge is -2.11. The molecule has 0 aromatic carbocycles. The van der Waals surface area contributed by atoms with E-state index < -0.39 is 0 Å². The molecule has 1 rings (SSSR count). The van der Waals surface area contributed by atoms with Crippen LogP contribution in [0.4, 0.5) is 0 Å². The molecule has 0 spiro atoms. The number of ether oxygens (including phenoxy) is 1. The highest BCUT2D eigenvalue weighted by molar-refractivity contribution is 5.30. The predicted octanol–water partition coefficient (Wildman–Crippen LogP) is 2.46. The van der Waals surface area contributed by atoms with E-state index in [2.05, 4.69) is 18.7 Å². The third-order valence-corrected chi connectivity index (χ3v) is 1.69. The SMILES string of the molecule is C=CCC1=CC=CC1OCC. The van der Waals surface area contributed by atoms with E-state index in [1.807, 2.05) is 19.1 Å². The van der Waals surface area contributed by atoms with Crippen LogP contribution in [0.5, 0.6) is 0 Å². The van der Waals surface area contributed by atoms with Crippen LogP contribution in [-0.2, 0) is 4.74 Å². The van der Waals surface area contributed by atoms with Crippen molar-refractivity contribution in [1.82, 2.24) is 0 Å². The number of allylic oxidation sites excluding steroid dienone is 3. The van der Waals surface area contributed by atoms with Gasteiger partial charge in [0, 0.05) is 6.61 Å². The highest BCUT2D eigenvalue weighted by Crippen LogP contribution is 2.18. The fraction of sp³-hybridized carbons (Fsp3) is 0.400. The first-order chi connectivity index (χ1) is 5.38. The average Bonchev–Trinajstić information content (AvgIpc) is 2.39. The van der Waals surface area contributed by atoms with Gasteiger partial charge in [-0.15, -0.1) is 6.58 Å². The molecule has 1 heteroatoms. The largest absolute Gasteiger partial charge is 0.370 e. The van der Waals surface area contributed by atoms with Gasteiger partial charge in [0.1, 0.15) is 0 Å². The monoisotopic (exact) mass is 150 g/mol. The summed E-state index contributed by atoms with van der Waals surface area (Å²) in [6.07, 6.45) is 9.25. The van der Waals surface area contributed by atoms with Gasteiger partial charge in [0.25, 0.3) is 0 Å². The van der Waals surface area contributed by atoms with Gasteiger partial charge in [-0.25, -0.2) is 0 Å². The third kappa shape index (κ3) is 2.05. The maximum absolute atomic E-state index is 5.47. The Kier molecular flexibility index (Phi) is 3.12.